The van der Waals surface area contributed by atoms with Crippen LogP contribution in [0.4, 0.5) is 5.13 Å². The van der Waals surface area contributed by atoms with E-state index in [-0.39, 0.29) is 0 Å². The highest BCUT2D eigenvalue weighted by Crippen LogP contribution is 2.13. The zero-order valence-corrected chi connectivity index (χ0v) is 11.7. The van der Waals surface area contributed by atoms with Crippen molar-refractivity contribution in [3.8, 4) is 0 Å². The molecule has 2 rings (SSSR count). The van der Waals surface area contributed by atoms with E-state index in [4.69, 9.17) is 5.73 Å². The zero-order chi connectivity index (χ0) is 13.0. The van der Waals surface area contributed by atoms with E-state index in [0.29, 0.717) is 5.13 Å². The summed E-state index contributed by atoms with van der Waals surface area (Å²) in [7, 11) is 1.96. The van der Waals surface area contributed by atoms with Crippen LogP contribution in [0, 0.1) is 0 Å². The van der Waals surface area contributed by atoms with Crippen LogP contribution < -0.4 is 5.73 Å². The first kappa shape index (κ1) is 13.0. The molecular weight excluding hydrogens is 246 g/mol. The van der Waals surface area contributed by atoms with Crippen LogP contribution in [0.3, 0.4) is 0 Å². The number of hydrogen-bond acceptors (Lipinski definition) is 5. The van der Waals surface area contributed by atoms with Gasteiger partial charge in [0.2, 0.25) is 0 Å². The summed E-state index contributed by atoms with van der Waals surface area (Å²) in [6, 6.07) is 0. The first-order valence-corrected chi connectivity index (χ1v) is 7.15. The molecule has 0 unspecified atom stereocenters. The second kappa shape index (κ2) is 5.95. The van der Waals surface area contributed by atoms with Gasteiger partial charge in [-0.05, 0) is 19.3 Å². The van der Waals surface area contributed by atoms with Crippen molar-refractivity contribution in [3.05, 3.63) is 22.7 Å². The van der Waals surface area contributed by atoms with Gasteiger partial charge in [-0.25, -0.2) is 9.97 Å². The molecule has 0 atom stereocenters. The molecule has 5 nitrogen and oxygen atoms in total. The lowest BCUT2D eigenvalue weighted by molar-refractivity contribution is 0.663. The summed E-state index contributed by atoms with van der Waals surface area (Å²) in [5, 5.41) is 7.07. The van der Waals surface area contributed by atoms with Gasteiger partial charge in [-0.1, -0.05) is 6.92 Å². The molecule has 2 aromatic heterocycles. The average molecular weight is 265 g/mol. The van der Waals surface area contributed by atoms with Gasteiger partial charge in [0.05, 0.1) is 5.69 Å². The Morgan fingerprint density at radius 2 is 2.11 bits per heavy atom. The number of nitrogens with two attached hydrogens (primary N) is 1. The van der Waals surface area contributed by atoms with Crippen molar-refractivity contribution >= 4 is 16.5 Å². The fraction of sp³-hybridized carbons (Fsp3) is 0.583. The van der Waals surface area contributed by atoms with Gasteiger partial charge in [0.25, 0.3) is 0 Å². The smallest absolute Gasteiger partial charge is 0.180 e. The summed E-state index contributed by atoms with van der Waals surface area (Å²) in [6.07, 6.45) is 4.95. The van der Waals surface area contributed by atoms with Crippen molar-refractivity contribution in [2.24, 2.45) is 7.05 Å². The molecule has 2 N–H and O–H groups in total. The average Bonchev–Trinajstić information content (AvgIpc) is 2.87. The van der Waals surface area contributed by atoms with Crippen molar-refractivity contribution < 1.29 is 0 Å². The van der Waals surface area contributed by atoms with E-state index in [2.05, 4.69) is 22.0 Å². The highest BCUT2D eigenvalue weighted by molar-refractivity contribution is 7.13. The van der Waals surface area contributed by atoms with Crippen LogP contribution in [0.2, 0.25) is 0 Å². The summed E-state index contributed by atoms with van der Waals surface area (Å²) >= 11 is 1.50. The van der Waals surface area contributed by atoms with Gasteiger partial charge >= 0.3 is 0 Å². The molecule has 18 heavy (non-hydrogen) atoms. The zero-order valence-electron chi connectivity index (χ0n) is 10.9. The second-order valence-electron chi connectivity index (χ2n) is 4.35. The summed E-state index contributed by atoms with van der Waals surface area (Å²) in [6.45, 7) is 2.14. The summed E-state index contributed by atoms with van der Waals surface area (Å²) in [5.41, 5.74) is 6.68. The number of anilines is 1. The Hall–Kier alpha value is -1.43. The van der Waals surface area contributed by atoms with Gasteiger partial charge in [-0.3, -0.25) is 4.68 Å². The van der Waals surface area contributed by atoms with Crippen LogP contribution in [0.5, 0.6) is 0 Å². The fourth-order valence-electron chi connectivity index (χ4n) is 1.89. The van der Waals surface area contributed by atoms with Crippen LogP contribution in [-0.2, 0) is 26.3 Å². The molecule has 0 aliphatic carbocycles. The van der Waals surface area contributed by atoms with Crippen molar-refractivity contribution in [1.29, 1.82) is 0 Å². The molecule has 6 heteroatoms. The second-order valence-corrected chi connectivity index (χ2v) is 5.24. The molecule has 0 aromatic carbocycles. The van der Waals surface area contributed by atoms with Gasteiger partial charge in [-0.2, -0.15) is 5.10 Å². The Morgan fingerprint density at radius 1 is 1.28 bits per heavy atom. The maximum absolute atomic E-state index is 5.60. The molecule has 0 saturated heterocycles. The minimum Gasteiger partial charge on any atom is -0.375 e. The minimum absolute atomic E-state index is 0.647. The molecule has 0 fully saturated rings. The molecule has 0 aliphatic rings. The quantitative estimate of drug-likeness (QED) is 0.867. The van der Waals surface area contributed by atoms with E-state index in [1.807, 2.05) is 17.1 Å². The molecule has 0 bridgehead atoms. The topological polar surface area (TPSA) is 69.6 Å². The van der Waals surface area contributed by atoms with E-state index in [1.165, 1.54) is 11.3 Å². The summed E-state index contributed by atoms with van der Waals surface area (Å²) < 4.78 is 1.89. The Balaban J connectivity index is 1.86. The normalized spacial score (nSPS) is 11.0. The van der Waals surface area contributed by atoms with Gasteiger partial charge in [0.1, 0.15) is 5.82 Å². The number of aryl methyl sites for hydroxylation is 4. The Morgan fingerprint density at radius 3 is 2.78 bits per heavy atom. The molecule has 0 amide bonds. The van der Waals surface area contributed by atoms with E-state index in [9.17, 15) is 0 Å². The number of thiazole rings is 1. The van der Waals surface area contributed by atoms with Crippen molar-refractivity contribution in [3.63, 3.8) is 0 Å². The first-order valence-electron chi connectivity index (χ1n) is 6.27. The molecule has 98 valence electrons. The van der Waals surface area contributed by atoms with Crippen LogP contribution in [0.25, 0.3) is 0 Å². The van der Waals surface area contributed by atoms with Crippen molar-refractivity contribution in [2.75, 3.05) is 5.73 Å². The standard InChI is InChI=1S/C12H19N5S/c1-3-5-10-15-11(17(2)16-10)7-4-6-9-8-18-12(13)14-9/h8H,3-7H2,1-2H3,(H2,13,14). The van der Waals surface area contributed by atoms with Crippen LogP contribution in [0.15, 0.2) is 5.38 Å². The number of rotatable bonds is 6. The van der Waals surface area contributed by atoms with Crippen LogP contribution in [-0.4, -0.2) is 19.7 Å². The van der Waals surface area contributed by atoms with Gasteiger partial charge in [0, 0.05) is 25.3 Å². The Kier molecular flexibility index (Phi) is 4.30. The van der Waals surface area contributed by atoms with Crippen molar-refractivity contribution in [1.82, 2.24) is 19.7 Å². The highest BCUT2D eigenvalue weighted by atomic mass is 32.1. The molecule has 0 saturated carbocycles. The van der Waals surface area contributed by atoms with E-state index >= 15 is 0 Å². The molecule has 2 aromatic rings. The SMILES string of the molecule is CCCc1nc(CCCc2csc(N)n2)n(C)n1. The third-order valence-electron chi connectivity index (χ3n) is 2.77. The van der Waals surface area contributed by atoms with E-state index in [0.717, 1.165) is 49.4 Å². The van der Waals surface area contributed by atoms with Crippen LogP contribution in [0.1, 0.15) is 37.1 Å². The number of aromatic nitrogens is 4. The van der Waals surface area contributed by atoms with Gasteiger partial charge in [0.15, 0.2) is 11.0 Å². The van der Waals surface area contributed by atoms with Crippen molar-refractivity contribution in [2.45, 2.75) is 39.0 Å². The van der Waals surface area contributed by atoms with Gasteiger partial charge < -0.3 is 5.73 Å². The number of hydrogen-bond donors (Lipinski definition) is 1. The first-order chi connectivity index (χ1) is 8.69. The lowest BCUT2D eigenvalue weighted by atomic mass is 10.2. The number of nitrogen functional groups attached to an aromatic ring is 1. The maximum Gasteiger partial charge on any atom is 0.180 e. The maximum atomic E-state index is 5.60. The number of nitrogens with zero attached hydrogens (tertiary/aromatic N) is 4. The summed E-state index contributed by atoms with van der Waals surface area (Å²) in [4.78, 5) is 8.80. The predicted molar refractivity (Wildman–Crippen MR) is 73.5 cm³/mol. The third-order valence-corrected chi connectivity index (χ3v) is 3.50. The summed E-state index contributed by atoms with van der Waals surface area (Å²) in [5.74, 6) is 2.01. The largest absolute Gasteiger partial charge is 0.375 e. The molecular formula is C12H19N5S. The lowest BCUT2D eigenvalue weighted by Gasteiger charge is -1.98. The highest BCUT2D eigenvalue weighted by Gasteiger charge is 2.07. The minimum atomic E-state index is 0.647. The van der Waals surface area contributed by atoms with E-state index in [1.54, 1.807) is 0 Å². The lowest BCUT2D eigenvalue weighted by Crippen LogP contribution is -2.00. The molecule has 0 radical (unpaired) electrons. The Labute approximate surface area is 111 Å². The molecule has 0 spiro atoms. The molecule has 2 heterocycles. The van der Waals surface area contributed by atoms with Gasteiger partial charge in [-0.15, -0.1) is 11.3 Å². The monoisotopic (exact) mass is 265 g/mol. The van der Waals surface area contributed by atoms with Crippen LogP contribution >= 0.6 is 11.3 Å². The third kappa shape index (κ3) is 3.29. The van der Waals surface area contributed by atoms with E-state index < -0.39 is 0 Å². The Bertz CT molecular complexity index is 502. The molecule has 0 aliphatic heterocycles. The fourth-order valence-corrected chi connectivity index (χ4v) is 2.48. The predicted octanol–water partition coefficient (Wildman–Crippen LogP) is 1.98.